The molecule has 1 aromatic rings. The summed E-state index contributed by atoms with van der Waals surface area (Å²) in [5, 5.41) is 9.92. The fraction of sp³-hybridized carbons (Fsp3) is 0.417. The second kappa shape index (κ2) is 6.10. The summed E-state index contributed by atoms with van der Waals surface area (Å²) in [7, 11) is 1.30. The van der Waals surface area contributed by atoms with Crippen LogP contribution in [0.15, 0.2) is 18.2 Å². The van der Waals surface area contributed by atoms with E-state index in [9.17, 15) is 9.90 Å². The van der Waals surface area contributed by atoms with Gasteiger partial charge in [-0.05, 0) is 13.0 Å². The maximum Gasteiger partial charge on any atom is 0.307 e. The SMILES string of the molecule is CCOc1cccc([C@@H](N)CC(=O)OC)c1O. The van der Waals surface area contributed by atoms with Crippen LogP contribution in [-0.4, -0.2) is 24.8 Å². The van der Waals surface area contributed by atoms with Gasteiger partial charge in [0.15, 0.2) is 11.5 Å². The van der Waals surface area contributed by atoms with Crippen LogP contribution in [0.3, 0.4) is 0 Å². The van der Waals surface area contributed by atoms with Gasteiger partial charge < -0.3 is 20.3 Å². The maximum absolute atomic E-state index is 11.1. The molecule has 0 bridgehead atoms. The van der Waals surface area contributed by atoms with Gasteiger partial charge in [0.05, 0.1) is 20.1 Å². The summed E-state index contributed by atoms with van der Waals surface area (Å²) >= 11 is 0. The number of carbonyl (C=O) groups excluding carboxylic acids is 1. The lowest BCUT2D eigenvalue weighted by atomic mass is 10.0. The Morgan fingerprint density at radius 3 is 2.82 bits per heavy atom. The second-order valence-corrected chi connectivity index (χ2v) is 3.51. The van der Waals surface area contributed by atoms with Crippen LogP contribution in [0.25, 0.3) is 0 Å². The minimum Gasteiger partial charge on any atom is -0.504 e. The predicted octanol–water partition coefficient (Wildman–Crippen LogP) is 1.35. The van der Waals surface area contributed by atoms with Crippen molar-refractivity contribution in [1.29, 1.82) is 0 Å². The van der Waals surface area contributed by atoms with Gasteiger partial charge in [-0.2, -0.15) is 0 Å². The molecular weight excluding hydrogens is 222 g/mol. The van der Waals surface area contributed by atoms with E-state index >= 15 is 0 Å². The molecule has 0 unspecified atom stereocenters. The van der Waals surface area contributed by atoms with Gasteiger partial charge in [0.25, 0.3) is 0 Å². The van der Waals surface area contributed by atoms with Gasteiger partial charge in [0.1, 0.15) is 0 Å². The Hall–Kier alpha value is -1.75. The molecule has 0 amide bonds. The average molecular weight is 239 g/mol. The van der Waals surface area contributed by atoms with E-state index in [0.29, 0.717) is 17.9 Å². The van der Waals surface area contributed by atoms with Crippen LogP contribution in [0.5, 0.6) is 11.5 Å². The van der Waals surface area contributed by atoms with Gasteiger partial charge in [-0.25, -0.2) is 0 Å². The van der Waals surface area contributed by atoms with Crippen LogP contribution < -0.4 is 10.5 Å². The van der Waals surface area contributed by atoms with Gasteiger partial charge in [-0.1, -0.05) is 12.1 Å². The first kappa shape index (κ1) is 13.3. The molecule has 17 heavy (non-hydrogen) atoms. The Bertz CT molecular complexity index is 392. The monoisotopic (exact) mass is 239 g/mol. The standard InChI is InChI=1S/C12H17NO4/c1-3-17-10-6-4-5-8(12(10)15)9(13)7-11(14)16-2/h4-6,9,15H,3,7,13H2,1-2H3/t9-/m0/s1. The number of hydrogen-bond donors (Lipinski definition) is 2. The van der Waals surface area contributed by atoms with E-state index in [0.717, 1.165) is 0 Å². The molecule has 0 radical (unpaired) electrons. The first-order valence-corrected chi connectivity index (χ1v) is 5.37. The molecule has 0 saturated heterocycles. The van der Waals surface area contributed by atoms with Crippen molar-refractivity contribution in [2.45, 2.75) is 19.4 Å². The van der Waals surface area contributed by atoms with Crippen LogP contribution >= 0.6 is 0 Å². The molecule has 1 rings (SSSR count). The Kier molecular flexibility index (Phi) is 4.78. The highest BCUT2D eigenvalue weighted by Gasteiger charge is 2.17. The summed E-state index contributed by atoms with van der Waals surface area (Å²) in [6.07, 6.45) is 0.0135. The second-order valence-electron chi connectivity index (χ2n) is 3.51. The summed E-state index contributed by atoms with van der Waals surface area (Å²) in [5.74, 6) is -0.0743. The number of phenolic OH excluding ortho intramolecular Hbond substituents is 1. The number of para-hydroxylation sites is 1. The largest absolute Gasteiger partial charge is 0.504 e. The summed E-state index contributed by atoms with van der Waals surface area (Å²) in [5.41, 5.74) is 6.29. The van der Waals surface area contributed by atoms with E-state index in [1.165, 1.54) is 7.11 Å². The van der Waals surface area contributed by atoms with E-state index in [4.69, 9.17) is 10.5 Å². The summed E-state index contributed by atoms with van der Waals surface area (Å²) < 4.78 is 9.77. The van der Waals surface area contributed by atoms with E-state index in [-0.39, 0.29) is 12.2 Å². The fourth-order valence-electron chi connectivity index (χ4n) is 1.48. The van der Waals surface area contributed by atoms with E-state index < -0.39 is 12.0 Å². The summed E-state index contributed by atoms with van der Waals surface area (Å²) in [6.45, 7) is 2.27. The highest BCUT2D eigenvalue weighted by molar-refractivity contribution is 5.70. The number of aromatic hydroxyl groups is 1. The zero-order chi connectivity index (χ0) is 12.8. The lowest BCUT2D eigenvalue weighted by Gasteiger charge is -2.14. The molecular formula is C12H17NO4. The van der Waals surface area contributed by atoms with Crippen LogP contribution in [0.4, 0.5) is 0 Å². The first-order valence-electron chi connectivity index (χ1n) is 5.37. The lowest BCUT2D eigenvalue weighted by Crippen LogP contribution is -2.16. The number of hydrogen-bond acceptors (Lipinski definition) is 5. The van der Waals surface area contributed by atoms with Crippen molar-refractivity contribution >= 4 is 5.97 Å². The van der Waals surface area contributed by atoms with E-state index in [2.05, 4.69) is 4.74 Å². The molecule has 5 heteroatoms. The van der Waals surface area contributed by atoms with Gasteiger partial charge in [0, 0.05) is 11.6 Å². The molecule has 0 spiro atoms. The third-order valence-electron chi connectivity index (χ3n) is 2.34. The third kappa shape index (κ3) is 3.35. The number of esters is 1. The number of carbonyl (C=O) groups is 1. The molecule has 1 aromatic carbocycles. The summed E-state index contributed by atoms with van der Waals surface area (Å²) in [4.78, 5) is 11.1. The average Bonchev–Trinajstić information content (AvgIpc) is 2.31. The molecule has 5 nitrogen and oxygen atoms in total. The number of methoxy groups -OCH3 is 1. The van der Waals surface area contributed by atoms with Crippen molar-refractivity contribution in [3.05, 3.63) is 23.8 Å². The van der Waals surface area contributed by atoms with Gasteiger partial charge in [-0.3, -0.25) is 4.79 Å². The van der Waals surface area contributed by atoms with Crippen LogP contribution in [0.2, 0.25) is 0 Å². The molecule has 0 aromatic heterocycles. The fourth-order valence-corrected chi connectivity index (χ4v) is 1.48. The number of phenols is 1. The van der Waals surface area contributed by atoms with Crippen LogP contribution in [0.1, 0.15) is 24.9 Å². The normalized spacial score (nSPS) is 11.9. The number of ether oxygens (including phenoxy) is 2. The highest BCUT2D eigenvalue weighted by atomic mass is 16.5. The number of rotatable bonds is 5. The molecule has 3 N–H and O–H groups in total. The summed E-state index contributed by atoms with van der Waals surface area (Å²) in [6, 6.07) is 4.42. The van der Waals surface area contributed by atoms with Gasteiger partial charge in [0.2, 0.25) is 0 Å². The Morgan fingerprint density at radius 2 is 2.24 bits per heavy atom. The van der Waals surface area contributed by atoms with E-state index in [1.54, 1.807) is 18.2 Å². The lowest BCUT2D eigenvalue weighted by molar-refractivity contribution is -0.141. The maximum atomic E-state index is 11.1. The molecule has 0 fully saturated rings. The van der Waals surface area contributed by atoms with Crippen molar-refractivity contribution in [3.63, 3.8) is 0 Å². The Morgan fingerprint density at radius 1 is 1.53 bits per heavy atom. The van der Waals surface area contributed by atoms with E-state index in [1.807, 2.05) is 6.92 Å². The zero-order valence-corrected chi connectivity index (χ0v) is 9.97. The van der Waals surface area contributed by atoms with Crippen molar-refractivity contribution in [2.24, 2.45) is 5.73 Å². The molecule has 0 aliphatic rings. The van der Waals surface area contributed by atoms with Crippen molar-refractivity contribution in [1.82, 2.24) is 0 Å². The van der Waals surface area contributed by atoms with Crippen molar-refractivity contribution in [3.8, 4) is 11.5 Å². The van der Waals surface area contributed by atoms with Gasteiger partial charge in [-0.15, -0.1) is 0 Å². The van der Waals surface area contributed by atoms with Crippen molar-refractivity contribution in [2.75, 3.05) is 13.7 Å². The Balaban J connectivity index is 2.89. The van der Waals surface area contributed by atoms with Crippen LogP contribution in [0, 0.1) is 0 Å². The molecule has 0 aliphatic carbocycles. The quantitative estimate of drug-likeness (QED) is 0.758. The predicted molar refractivity (Wildman–Crippen MR) is 62.8 cm³/mol. The van der Waals surface area contributed by atoms with Crippen LogP contribution in [-0.2, 0) is 9.53 Å². The molecule has 94 valence electrons. The minimum atomic E-state index is -0.608. The van der Waals surface area contributed by atoms with Gasteiger partial charge >= 0.3 is 5.97 Å². The molecule has 0 aliphatic heterocycles. The number of nitrogens with two attached hydrogens (primary N) is 1. The highest BCUT2D eigenvalue weighted by Crippen LogP contribution is 2.33. The third-order valence-corrected chi connectivity index (χ3v) is 2.34. The molecule has 1 atom stereocenters. The number of benzene rings is 1. The minimum absolute atomic E-state index is 0.0135. The first-order chi connectivity index (χ1) is 8.10. The molecule has 0 heterocycles. The zero-order valence-electron chi connectivity index (χ0n) is 9.97. The Labute approximate surface area is 100 Å². The van der Waals surface area contributed by atoms with Crippen molar-refractivity contribution < 1.29 is 19.4 Å². The molecule has 0 saturated carbocycles. The topological polar surface area (TPSA) is 81.8 Å². The smallest absolute Gasteiger partial charge is 0.307 e.